The molecule has 0 fully saturated rings. The summed E-state index contributed by atoms with van der Waals surface area (Å²) < 4.78 is 42.8. The van der Waals surface area contributed by atoms with Gasteiger partial charge in [-0.2, -0.15) is 4.39 Å². The number of amides is 1. The molecular formula is C26H18ClF3N2O. The van der Waals surface area contributed by atoms with E-state index in [9.17, 15) is 18.0 Å². The maximum Gasteiger partial charge on any atom is 0.256 e. The molecule has 7 heteroatoms. The van der Waals surface area contributed by atoms with Crippen molar-refractivity contribution in [2.75, 3.05) is 5.32 Å². The van der Waals surface area contributed by atoms with E-state index in [2.05, 4.69) is 10.3 Å². The first-order valence-electron chi connectivity index (χ1n) is 10.0. The summed E-state index contributed by atoms with van der Waals surface area (Å²) in [6.07, 6.45) is 1.27. The zero-order chi connectivity index (χ0) is 23.7. The number of hydrogen-bond donors (Lipinski definition) is 1. The van der Waals surface area contributed by atoms with Crippen molar-refractivity contribution < 1.29 is 18.0 Å². The topological polar surface area (TPSA) is 42.0 Å². The van der Waals surface area contributed by atoms with Gasteiger partial charge in [0.15, 0.2) is 0 Å². The van der Waals surface area contributed by atoms with E-state index < -0.39 is 23.5 Å². The van der Waals surface area contributed by atoms with E-state index in [0.29, 0.717) is 22.3 Å². The molecule has 3 aromatic carbocycles. The Bertz CT molecular complexity index is 1390. The van der Waals surface area contributed by atoms with E-state index in [1.54, 1.807) is 32.0 Å². The van der Waals surface area contributed by atoms with Gasteiger partial charge < -0.3 is 5.32 Å². The third-order valence-corrected chi connectivity index (χ3v) is 5.72. The van der Waals surface area contributed by atoms with Crippen molar-refractivity contribution >= 4 is 23.2 Å². The first-order valence-corrected chi connectivity index (χ1v) is 10.4. The Morgan fingerprint density at radius 2 is 1.55 bits per heavy atom. The third kappa shape index (κ3) is 4.34. The number of hydrogen-bond acceptors (Lipinski definition) is 2. The summed E-state index contributed by atoms with van der Waals surface area (Å²) in [5.74, 6) is -2.59. The third-order valence-electron chi connectivity index (χ3n) is 5.36. The van der Waals surface area contributed by atoms with Gasteiger partial charge in [-0.05, 0) is 60.9 Å². The van der Waals surface area contributed by atoms with E-state index in [1.807, 2.05) is 0 Å². The van der Waals surface area contributed by atoms with Crippen molar-refractivity contribution in [2.45, 2.75) is 13.8 Å². The Balaban J connectivity index is 1.73. The molecule has 0 atom stereocenters. The van der Waals surface area contributed by atoms with Crippen LogP contribution in [0, 0.1) is 31.4 Å². The number of halogens is 4. The molecular weight excluding hydrogens is 449 g/mol. The minimum atomic E-state index is -0.841. The number of pyridine rings is 1. The summed E-state index contributed by atoms with van der Waals surface area (Å²) in [7, 11) is 0. The number of aryl methyl sites for hydroxylation is 2. The van der Waals surface area contributed by atoms with Gasteiger partial charge >= 0.3 is 0 Å². The van der Waals surface area contributed by atoms with Crippen LogP contribution in [0.25, 0.3) is 22.3 Å². The lowest BCUT2D eigenvalue weighted by Gasteiger charge is -2.17. The average molecular weight is 467 g/mol. The Morgan fingerprint density at radius 3 is 2.27 bits per heavy atom. The first kappa shape index (κ1) is 22.6. The highest BCUT2D eigenvalue weighted by atomic mass is 35.5. The lowest BCUT2D eigenvalue weighted by atomic mass is 9.91. The van der Waals surface area contributed by atoms with Crippen LogP contribution in [-0.4, -0.2) is 10.9 Å². The molecule has 4 aromatic rings. The number of carbonyl (C=O) groups is 1. The Hall–Kier alpha value is -3.64. The number of rotatable bonds is 4. The van der Waals surface area contributed by atoms with Crippen LogP contribution in [-0.2, 0) is 0 Å². The van der Waals surface area contributed by atoms with E-state index in [1.165, 1.54) is 42.6 Å². The second-order valence-electron chi connectivity index (χ2n) is 7.54. The molecule has 3 nitrogen and oxygen atoms in total. The summed E-state index contributed by atoms with van der Waals surface area (Å²) >= 11 is 6.15. The number of anilines is 1. The molecule has 0 saturated carbocycles. The molecule has 0 aliphatic carbocycles. The molecule has 166 valence electrons. The molecule has 0 radical (unpaired) electrons. The lowest BCUT2D eigenvalue weighted by molar-refractivity contribution is 0.102. The molecule has 33 heavy (non-hydrogen) atoms. The normalized spacial score (nSPS) is 10.8. The van der Waals surface area contributed by atoms with Gasteiger partial charge in [-0.3, -0.25) is 4.79 Å². The van der Waals surface area contributed by atoms with Crippen molar-refractivity contribution in [1.29, 1.82) is 0 Å². The smallest absolute Gasteiger partial charge is 0.256 e. The van der Waals surface area contributed by atoms with Crippen LogP contribution in [0.15, 0.2) is 66.9 Å². The molecule has 0 bridgehead atoms. The van der Waals surface area contributed by atoms with Gasteiger partial charge in [0.2, 0.25) is 5.95 Å². The summed E-state index contributed by atoms with van der Waals surface area (Å²) in [5, 5.41) is 2.49. The van der Waals surface area contributed by atoms with Crippen LogP contribution in [0.1, 0.15) is 21.5 Å². The highest BCUT2D eigenvalue weighted by Gasteiger charge is 2.22. The largest absolute Gasteiger partial charge is 0.322 e. The molecule has 0 unspecified atom stereocenters. The quantitative estimate of drug-likeness (QED) is 0.319. The highest BCUT2D eigenvalue weighted by Crippen LogP contribution is 2.36. The van der Waals surface area contributed by atoms with Gasteiger partial charge in [-0.25, -0.2) is 13.8 Å². The number of nitrogens with zero attached hydrogens (tertiary/aromatic N) is 1. The van der Waals surface area contributed by atoms with Gasteiger partial charge in [-0.1, -0.05) is 41.9 Å². The zero-order valence-electron chi connectivity index (χ0n) is 17.7. The van der Waals surface area contributed by atoms with Crippen LogP contribution in [0.2, 0.25) is 5.02 Å². The molecule has 0 spiro atoms. The average Bonchev–Trinajstić information content (AvgIpc) is 2.78. The van der Waals surface area contributed by atoms with Gasteiger partial charge in [0.1, 0.15) is 16.7 Å². The monoisotopic (exact) mass is 466 g/mol. The van der Waals surface area contributed by atoms with Crippen molar-refractivity contribution in [3.8, 4) is 22.3 Å². The summed E-state index contributed by atoms with van der Waals surface area (Å²) in [4.78, 5) is 16.8. The number of carbonyl (C=O) groups excluding carboxylic acids is 1. The predicted octanol–water partition coefficient (Wildman–Crippen LogP) is 7.36. The van der Waals surface area contributed by atoms with Crippen LogP contribution in [0.3, 0.4) is 0 Å². The number of aromatic nitrogens is 1. The van der Waals surface area contributed by atoms with Crippen LogP contribution >= 0.6 is 11.6 Å². The van der Waals surface area contributed by atoms with Crippen molar-refractivity contribution in [1.82, 2.24) is 4.98 Å². The summed E-state index contributed by atoms with van der Waals surface area (Å²) in [5.41, 5.74) is 2.80. The second kappa shape index (κ2) is 9.08. The first-order chi connectivity index (χ1) is 15.8. The fraction of sp³-hybridized carbons (Fsp3) is 0.0769. The number of nitrogens with one attached hydrogen (secondary N) is 1. The SMILES string of the molecule is Cc1ccc(C)c(-c2ccnc(F)c2Cl)c1C(=O)Nc1ccc(-c2ccccc2F)c(F)c1. The van der Waals surface area contributed by atoms with E-state index in [4.69, 9.17) is 11.6 Å². The fourth-order valence-electron chi connectivity index (χ4n) is 3.75. The Morgan fingerprint density at radius 1 is 0.848 bits per heavy atom. The van der Waals surface area contributed by atoms with Crippen LogP contribution in [0.4, 0.5) is 18.9 Å². The molecule has 0 aliphatic heterocycles. The van der Waals surface area contributed by atoms with Gasteiger partial charge in [0.05, 0.1) is 5.56 Å². The van der Waals surface area contributed by atoms with E-state index in [0.717, 1.165) is 6.07 Å². The predicted molar refractivity (Wildman–Crippen MR) is 124 cm³/mol. The fourth-order valence-corrected chi connectivity index (χ4v) is 3.95. The zero-order valence-corrected chi connectivity index (χ0v) is 18.5. The minimum absolute atomic E-state index is 0.0811. The standard InChI is InChI=1S/C26H18ClF3N2O/c1-14-7-8-15(2)23(22(14)19-11-12-31-25(30)24(19)27)26(33)32-16-9-10-18(21(29)13-16)17-5-3-4-6-20(17)28/h3-13H,1-2H3,(H,32,33). The van der Waals surface area contributed by atoms with Gasteiger partial charge in [0, 0.05) is 28.6 Å². The van der Waals surface area contributed by atoms with Crippen LogP contribution in [0.5, 0.6) is 0 Å². The molecule has 1 aromatic heterocycles. The molecule has 1 amide bonds. The lowest BCUT2D eigenvalue weighted by Crippen LogP contribution is -2.16. The Labute approximate surface area is 193 Å². The molecule has 0 saturated heterocycles. The van der Waals surface area contributed by atoms with Gasteiger partial charge in [0.25, 0.3) is 5.91 Å². The van der Waals surface area contributed by atoms with Gasteiger partial charge in [-0.15, -0.1) is 0 Å². The minimum Gasteiger partial charge on any atom is -0.322 e. The maximum absolute atomic E-state index is 14.8. The van der Waals surface area contributed by atoms with E-state index >= 15 is 0 Å². The number of benzene rings is 3. The maximum atomic E-state index is 14.8. The highest BCUT2D eigenvalue weighted by molar-refractivity contribution is 6.33. The summed E-state index contributed by atoms with van der Waals surface area (Å²) in [6, 6.07) is 15.0. The van der Waals surface area contributed by atoms with Crippen molar-refractivity contribution in [2.24, 2.45) is 0 Å². The molecule has 1 heterocycles. The summed E-state index contributed by atoms with van der Waals surface area (Å²) in [6.45, 7) is 3.52. The Kier molecular flexibility index (Phi) is 6.20. The molecule has 4 rings (SSSR count). The van der Waals surface area contributed by atoms with E-state index in [-0.39, 0.29) is 27.4 Å². The second-order valence-corrected chi connectivity index (χ2v) is 7.92. The molecule has 1 N–H and O–H groups in total. The van der Waals surface area contributed by atoms with Crippen molar-refractivity contribution in [3.05, 3.63) is 106 Å². The van der Waals surface area contributed by atoms with Crippen molar-refractivity contribution in [3.63, 3.8) is 0 Å². The molecule has 0 aliphatic rings. The van der Waals surface area contributed by atoms with Crippen LogP contribution < -0.4 is 5.32 Å².